The molecule has 1 N–H and O–H groups in total. The third kappa shape index (κ3) is 3.93. The maximum atomic E-state index is 6.04. The third-order valence-electron chi connectivity index (χ3n) is 2.75. The number of benzene rings is 1. The normalized spacial score (nSPS) is 22.3. The fraction of sp³-hybridized carbons (Fsp3) is 0.538. The molecule has 1 aromatic rings. The summed E-state index contributed by atoms with van der Waals surface area (Å²) >= 11 is 9.41. The zero-order valence-corrected chi connectivity index (χ0v) is 12.8. The molecule has 1 heterocycles. The Morgan fingerprint density at radius 2 is 2.28 bits per heavy atom. The fourth-order valence-corrected chi connectivity index (χ4v) is 2.34. The van der Waals surface area contributed by atoms with Crippen molar-refractivity contribution in [3.8, 4) is 0 Å². The minimum Gasteiger partial charge on any atom is -0.348 e. The summed E-state index contributed by atoms with van der Waals surface area (Å²) in [6.07, 6.45) is 0.117. The van der Waals surface area contributed by atoms with Gasteiger partial charge in [-0.1, -0.05) is 17.7 Å². The van der Waals surface area contributed by atoms with Gasteiger partial charge in [-0.05, 0) is 47.5 Å². The number of hydrogen-bond acceptors (Lipinski definition) is 3. The van der Waals surface area contributed by atoms with E-state index >= 15 is 0 Å². The Balaban J connectivity index is 1.77. The standard InChI is InChI=1S/C13H17BrClNO2/c1-13(2)17-8-10(18-13)7-16-6-9-3-4-11(14)12(15)5-9/h3-5,10,16H,6-8H2,1-2H3. The average molecular weight is 335 g/mol. The monoisotopic (exact) mass is 333 g/mol. The molecule has 18 heavy (non-hydrogen) atoms. The van der Waals surface area contributed by atoms with Crippen LogP contribution in [0.15, 0.2) is 22.7 Å². The van der Waals surface area contributed by atoms with Crippen LogP contribution in [0.3, 0.4) is 0 Å². The lowest BCUT2D eigenvalue weighted by atomic mass is 10.2. The van der Waals surface area contributed by atoms with Crippen LogP contribution in [-0.4, -0.2) is 25.0 Å². The molecule has 0 bridgehead atoms. The van der Waals surface area contributed by atoms with E-state index in [0.717, 1.165) is 28.1 Å². The average Bonchev–Trinajstić information content (AvgIpc) is 2.63. The summed E-state index contributed by atoms with van der Waals surface area (Å²) in [5.74, 6) is -0.451. The molecule has 5 heteroatoms. The Bertz CT molecular complexity index is 425. The van der Waals surface area contributed by atoms with Gasteiger partial charge in [-0.2, -0.15) is 0 Å². The molecule has 0 aliphatic carbocycles. The molecule has 0 amide bonds. The Labute approximate surface area is 121 Å². The molecule has 1 saturated heterocycles. The van der Waals surface area contributed by atoms with E-state index in [2.05, 4.69) is 21.2 Å². The first-order valence-electron chi connectivity index (χ1n) is 5.93. The van der Waals surface area contributed by atoms with Crippen molar-refractivity contribution in [2.24, 2.45) is 0 Å². The third-order valence-corrected chi connectivity index (χ3v) is 3.98. The molecule has 0 spiro atoms. The second kappa shape index (κ2) is 5.88. The lowest BCUT2D eigenvalue weighted by Gasteiger charge is -2.17. The molecular weight excluding hydrogens is 318 g/mol. The van der Waals surface area contributed by atoms with Gasteiger partial charge in [-0.15, -0.1) is 0 Å². The van der Waals surface area contributed by atoms with Gasteiger partial charge in [-0.25, -0.2) is 0 Å². The van der Waals surface area contributed by atoms with E-state index in [0.29, 0.717) is 6.61 Å². The molecule has 1 unspecified atom stereocenters. The molecule has 0 saturated carbocycles. The minimum atomic E-state index is -0.451. The topological polar surface area (TPSA) is 30.5 Å². The highest BCUT2D eigenvalue weighted by atomic mass is 79.9. The van der Waals surface area contributed by atoms with Crippen molar-refractivity contribution < 1.29 is 9.47 Å². The van der Waals surface area contributed by atoms with Crippen LogP contribution in [0.5, 0.6) is 0 Å². The lowest BCUT2D eigenvalue weighted by Crippen LogP contribution is -2.30. The summed E-state index contributed by atoms with van der Waals surface area (Å²) in [4.78, 5) is 0. The van der Waals surface area contributed by atoms with Crippen LogP contribution in [0.25, 0.3) is 0 Å². The maximum absolute atomic E-state index is 6.04. The number of halogens is 2. The highest BCUT2D eigenvalue weighted by molar-refractivity contribution is 9.10. The Morgan fingerprint density at radius 1 is 1.50 bits per heavy atom. The first-order valence-corrected chi connectivity index (χ1v) is 7.10. The van der Waals surface area contributed by atoms with Gasteiger partial charge in [0.05, 0.1) is 17.7 Å². The van der Waals surface area contributed by atoms with Crippen LogP contribution in [0.1, 0.15) is 19.4 Å². The molecule has 1 atom stereocenters. The smallest absolute Gasteiger partial charge is 0.163 e. The summed E-state index contributed by atoms with van der Waals surface area (Å²) < 4.78 is 12.1. The van der Waals surface area contributed by atoms with Gasteiger partial charge in [0, 0.05) is 17.6 Å². The molecule has 0 radical (unpaired) electrons. The largest absolute Gasteiger partial charge is 0.348 e. The van der Waals surface area contributed by atoms with Gasteiger partial charge in [-0.3, -0.25) is 0 Å². The lowest BCUT2D eigenvalue weighted by molar-refractivity contribution is -0.137. The van der Waals surface area contributed by atoms with E-state index in [1.54, 1.807) is 0 Å². The van der Waals surface area contributed by atoms with E-state index in [-0.39, 0.29) is 6.10 Å². The van der Waals surface area contributed by atoms with Crippen LogP contribution in [0.2, 0.25) is 5.02 Å². The van der Waals surface area contributed by atoms with Crippen molar-refractivity contribution in [2.45, 2.75) is 32.3 Å². The Hall–Kier alpha value is -0.130. The molecular formula is C13H17BrClNO2. The van der Waals surface area contributed by atoms with E-state index in [1.807, 2.05) is 32.0 Å². The predicted molar refractivity (Wildman–Crippen MR) is 75.8 cm³/mol. The summed E-state index contributed by atoms with van der Waals surface area (Å²) in [6.45, 7) is 6.05. The Morgan fingerprint density at radius 3 is 2.89 bits per heavy atom. The van der Waals surface area contributed by atoms with Crippen LogP contribution in [-0.2, 0) is 16.0 Å². The molecule has 1 aliphatic rings. The van der Waals surface area contributed by atoms with Crippen LogP contribution < -0.4 is 5.32 Å². The molecule has 0 aromatic heterocycles. The van der Waals surface area contributed by atoms with Crippen molar-refractivity contribution in [3.05, 3.63) is 33.3 Å². The number of nitrogens with one attached hydrogen (secondary N) is 1. The van der Waals surface area contributed by atoms with Crippen molar-refractivity contribution in [1.82, 2.24) is 5.32 Å². The highest BCUT2D eigenvalue weighted by Gasteiger charge is 2.32. The fourth-order valence-electron chi connectivity index (χ4n) is 1.89. The first kappa shape index (κ1) is 14.3. The van der Waals surface area contributed by atoms with Gasteiger partial charge in [0.1, 0.15) is 0 Å². The number of ether oxygens (including phenoxy) is 2. The van der Waals surface area contributed by atoms with E-state index in [4.69, 9.17) is 21.1 Å². The predicted octanol–water partition coefficient (Wildman–Crippen LogP) is 3.34. The molecule has 2 rings (SSSR count). The number of rotatable bonds is 4. The van der Waals surface area contributed by atoms with Crippen molar-refractivity contribution in [3.63, 3.8) is 0 Å². The minimum absolute atomic E-state index is 0.117. The first-order chi connectivity index (χ1) is 8.46. The zero-order valence-electron chi connectivity index (χ0n) is 10.5. The van der Waals surface area contributed by atoms with Gasteiger partial charge in [0.25, 0.3) is 0 Å². The van der Waals surface area contributed by atoms with E-state index < -0.39 is 5.79 Å². The molecule has 100 valence electrons. The van der Waals surface area contributed by atoms with Crippen molar-refractivity contribution >= 4 is 27.5 Å². The zero-order chi connectivity index (χ0) is 13.2. The second-order valence-corrected chi connectivity index (χ2v) is 6.09. The summed E-state index contributed by atoms with van der Waals surface area (Å²) in [5, 5.41) is 4.08. The van der Waals surface area contributed by atoms with E-state index in [1.165, 1.54) is 0 Å². The van der Waals surface area contributed by atoms with Crippen molar-refractivity contribution in [2.75, 3.05) is 13.2 Å². The molecule has 1 aliphatic heterocycles. The summed E-state index contributed by atoms with van der Waals surface area (Å²) in [7, 11) is 0. The highest BCUT2D eigenvalue weighted by Crippen LogP contribution is 2.23. The molecule has 1 aromatic carbocycles. The second-order valence-electron chi connectivity index (χ2n) is 4.83. The summed E-state index contributed by atoms with van der Waals surface area (Å²) in [5.41, 5.74) is 1.15. The van der Waals surface area contributed by atoms with Crippen LogP contribution in [0.4, 0.5) is 0 Å². The van der Waals surface area contributed by atoms with Crippen molar-refractivity contribution in [1.29, 1.82) is 0 Å². The van der Waals surface area contributed by atoms with Crippen LogP contribution >= 0.6 is 27.5 Å². The van der Waals surface area contributed by atoms with Gasteiger partial charge in [0.15, 0.2) is 5.79 Å². The van der Waals surface area contributed by atoms with Gasteiger partial charge >= 0.3 is 0 Å². The van der Waals surface area contributed by atoms with E-state index in [9.17, 15) is 0 Å². The SMILES string of the molecule is CC1(C)OCC(CNCc2ccc(Br)c(Cl)c2)O1. The molecule has 1 fully saturated rings. The quantitative estimate of drug-likeness (QED) is 0.916. The number of hydrogen-bond donors (Lipinski definition) is 1. The summed E-state index contributed by atoms with van der Waals surface area (Å²) in [6, 6.07) is 5.95. The Kier molecular flexibility index (Phi) is 4.67. The van der Waals surface area contributed by atoms with Crippen LogP contribution in [0, 0.1) is 0 Å². The maximum Gasteiger partial charge on any atom is 0.163 e. The van der Waals surface area contributed by atoms with Gasteiger partial charge in [0.2, 0.25) is 0 Å². The molecule has 3 nitrogen and oxygen atoms in total. The van der Waals surface area contributed by atoms with Gasteiger partial charge < -0.3 is 14.8 Å².